The van der Waals surface area contributed by atoms with Crippen LogP contribution < -0.4 is 11.2 Å². The van der Waals surface area contributed by atoms with Gasteiger partial charge in [-0.3, -0.25) is 18.9 Å². The van der Waals surface area contributed by atoms with Crippen LogP contribution in [0.5, 0.6) is 0 Å². The third-order valence-corrected chi connectivity index (χ3v) is 6.30. The molecule has 19 nitrogen and oxygen atoms in total. The predicted octanol–water partition coefficient (Wildman–Crippen LogP) is -5.36. The number of phosphoric ester groups is 1. The Morgan fingerprint density at radius 2 is 1.74 bits per heavy atom. The summed E-state index contributed by atoms with van der Waals surface area (Å²) in [6, 6.07) is 0.962. The Kier molecular flexibility index (Phi) is 11.7. The third-order valence-electron chi connectivity index (χ3n) is 4.14. The number of carbonyl (C=O) groups is 1. The molecule has 10 N–H and O–H groups in total. The number of hydrogen-bond donors (Lipinski definition) is 10. The minimum Gasteiger partial charge on any atom is -0.394 e. The van der Waals surface area contributed by atoms with Gasteiger partial charge in [0.2, 0.25) is 0 Å². The Morgan fingerprint density at radius 3 is 2.23 bits per heavy atom. The lowest BCUT2D eigenvalue weighted by molar-refractivity contribution is -0.127. The standard InChI is InChI=1S/C9H14N2O12P2.C5H10O5/c12-5-1-2-11(9(15)10-5)8-7(14)6(13)4(22-8)3-21-25(19,20)23-24(16,17)18;6-1-3(8)5(10)4(9)2-7/h1-2,4,6-8,13-14H,3H2,(H,19,20)(H,10,12,15)(H2,16,17,18);1,3-5,7-10H,2H2/t4-,6-,7-,8-;3-,4-,5+/m11/s1. The Labute approximate surface area is 194 Å². The van der Waals surface area contributed by atoms with Crippen molar-refractivity contribution in [3.63, 3.8) is 0 Å². The number of carbonyl (C=O) groups excluding carboxylic acids is 1. The van der Waals surface area contributed by atoms with Gasteiger partial charge in [0.25, 0.3) is 5.56 Å². The Bertz CT molecular complexity index is 1040. The van der Waals surface area contributed by atoms with Crippen LogP contribution in [0, 0.1) is 0 Å². The van der Waals surface area contributed by atoms with Gasteiger partial charge in [-0.2, -0.15) is 4.31 Å². The highest BCUT2D eigenvalue weighted by Crippen LogP contribution is 2.57. The molecule has 2 heterocycles. The zero-order chi connectivity index (χ0) is 27.1. The molecule has 1 aromatic heterocycles. The molecule has 35 heavy (non-hydrogen) atoms. The van der Waals surface area contributed by atoms with E-state index in [-0.39, 0.29) is 6.29 Å². The highest BCUT2D eigenvalue weighted by molar-refractivity contribution is 7.60. The van der Waals surface area contributed by atoms with Crippen molar-refractivity contribution in [2.45, 2.75) is 42.9 Å². The fourth-order valence-corrected chi connectivity index (χ4v) is 4.07. The quantitative estimate of drug-likeness (QED) is 0.0953. The number of rotatable bonds is 10. The van der Waals surface area contributed by atoms with Crippen LogP contribution in [0.15, 0.2) is 21.9 Å². The van der Waals surface area contributed by atoms with Crippen LogP contribution in [-0.2, 0) is 27.5 Å². The summed E-state index contributed by atoms with van der Waals surface area (Å²) < 4.78 is 35.6. The average Bonchev–Trinajstić information content (AvgIpc) is 3.03. The van der Waals surface area contributed by atoms with Gasteiger partial charge in [0.05, 0.1) is 13.2 Å². The number of aliphatic hydroxyl groups excluding tert-OH is 6. The first kappa shape index (κ1) is 31.4. The van der Waals surface area contributed by atoms with E-state index in [2.05, 4.69) is 8.83 Å². The van der Waals surface area contributed by atoms with Crippen molar-refractivity contribution in [1.82, 2.24) is 9.55 Å². The van der Waals surface area contributed by atoms with E-state index in [1.54, 1.807) is 0 Å². The van der Waals surface area contributed by atoms with Crippen LogP contribution >= 0.6 is 15.6 Å². The molecule has 0 amide bonds. The first-order valence-corrected chi connectivity index (χ1v) is 12.2. The summed E-state index contributed by atoms with van der Waals surface area (Å²) in [6.07, 6.45) is -9.88. The number of aromatic nitrogens is 2. The summed E-state index contributed by atoms with van der Waals surface area (Å²) in [6.45, 7) is -1.59. The van der Waals surface area contributed by atoms with E-state index in [4.69, 9.17) is 39.8 Å². The zero-order valence-corrected chi connectivity index (χ0v) is 19.1. The largest absolute Gasteiger partial charge is 0.481 e. The maximum Gasteiger partial charge on any atom is 0.481 e. The fraction of sp³-hybridized carbons (Fsp3) is 0.643. The third kappa shape index (κ3) is 9.71. The fourth-order valence-electron chi connectivity index (χ4n) is 2.47. The molecule has 1 aliphatic rings. The van der Waals surface area contributed by atoms with Crippen LogP contribution in [0.2, 0.25) is 0 Å². The molecule has 1 saturated heterocycles. The van der Waals surface area contributed by atoms with Gasteiger partial charge in [-0.1, -0.05) is 0 Å². The normalized spacial score (nSPS) is 26.7. The molecule has 0 saturated carbocycles. The average molecular weight is 554 g/mol. The number of aldehydes is 1. The summed E-state index contributed by atoms with van der Waals surface area (Å²) in [5.74, 6) is 0. The monoisotopic (exact) mass is 554 g/mol. The van der Waals surface area contributed by atoms with Crippen LogP contribution in [0.3, 0.4) is 0 Å². The smallest absolute Gasteiger partial charge is 0.394 e. The van der Waals surface area contributed by atoms with Crippen LogP contribution in [-0.4, -0.2) is 111 Å². The minimum absolute atomic E-state index is 0.0869. The molecule has 1 aromatic rings. The molecule has 0 aromatic carbocycles. The van der Waals surface area contributed by atoms with E-state index in [1.807, 2.05) is 4.98 Å². The van der Waals surface area contributed by atoms with Gasteiger partial charge in [-0.15, -0.1) is 0 Å². The number of aromatic amines is 1. The maximum absolute atomic E-state index is 11.7. The van der Waals surface area contributed by atoms with Gasteiger partial charge in [-0.25, -0.2) is 13.9 Å². The molecule has 0 bridgehead atoms. The first-order valence-electron chi connectivity index (χ1n) is 9.20. The molecule has 8 atom stereocenters. The van der Waals surface area contributed by atoms with Crippen molar-refractivity contribution < 1.29 is 72.8 Å². The van der Waals surface area contributed by atoms with E-state index >= 15 is 0 Å². The molecule has 0 radical (unpaired) electrons. The van der Waals surface area contributed by atoms with Crippen molar-refractivity contribution in [3.8, 4) is 0 Å². The molecule has 1 aliphatic heterocycles. The number of aliphatic hydroxyl groups is 6. The van der Waals surface area contributed by atoms with E-state index in [9.17, 15) is 33.7 Å². The summed E-state index contributed by atoms with van der Waals surface area (Å²) in [4.78, 5) is 60.4. The van der Waals surface area contributed by atoms with Gasteiger partial charge in [0.15, 0.2) is 12.5 Å². The lowest BCUT2D eigenvalue weighted by Crippen LogP contribution is -2.40. The molecule has 2 rings (SSSR count). The van der Waals surface area contributed by atoms with Crippen molar-refractivity contribution in [1.29, 1.82) is 0 Å². The van der Waals surface area contributed by atoms with Crippen LogP contribution in [0.4, 0.5) is 0 Å². The number of nitrogens with zero attached hydrogens (tertiary/aromatic N) is 1. The number of ether oxygens (including phenoxy) is 1. The molecular formula is C14H24N2O17P2. The molecular weight excluding hydrogens is 530 g/mol. The molecule has 202 valence electrons. The molecule has 0 aliphatic carbocycles. The summed E-state index contributed by atoms with van der Waals surface area (Å²) in [5.41, 5.74) is -1.65. The summed E-state index contributed by atoms with van der Waals surface area (Å²) >= 11 is 0. The lowest BCUT2D eigenvalue weighted by atomic mass is 10.1. The number of hydrogen-bond acceptors (Lipinski definition) is 14. The highest BCUT2D eigenvalue weighted by Gasteiger charge is 2.45. The number of nitrogens with one attached hydrogen (secondary N) is 1. The van der Waals surface area contributed by atoms with Gasteiger partial charge >= 0.3 is 21.3 Å². The van der Waals surface area contributed by atoms with Gasteiger partial charge in [0, 0.05) is 12.3 Å². The molecule has 21 heteroatoms. The SMILES string of the molecule is O=C[C@@H](O)[C@H](O)[C@H](O)CO.O=c1ccn([C@@H]2O[C@H](COP(=O)(O)OP(=O)(O)O)[C@@H](O)[C@H]2O)c(=O)[nH]1. The van der Waals surface area contributed by atoms with E-state index in [0.29, 0.717) is 0 Å². The molecule has 1 fully saturated rings. The summed E-state index contributed by atoms with van der Waals surface area (Å²) in [7, 11) is -10.5. The maximum atomic E-state index is 11.7. The Morgan fingerprint density at radius 1 is 1.14 bits per heavy atom. The van der Waals surface area contributed by atoms with Crippen molar-refractivity contribution in [3.05, 3.63) is 33.1 Å². The zero-order valence-electron chi connectivity index (χ0n) is 17.3. The van der Waals surface area contributed by atoms with E-state index < -0.39 is 83.0 Å². The van der Waals surface area contributed by atoms with Gasteiger partial charge in [0.1, 0.15) is 36.6 Å². The second-order valence-electron chi connectivity index (χ2n) is 6.77. The van der Waals surface area contributed by atoms with Gasteiger partial charge < -0.3 is 54.9 Å². The van der Waals surface area contributed by atoms with Crippen LogP contribution in [0.25, 0.3) is 0 Å². The van der Waals surface area contributed by atoms with Crippen molar-refractivity contribution in [2.75, 3.05) is 13.2 Å². The number of H-pyrrole nitrogens is 1. The Balaban J connectivity index is 0.000000518. The minimum atomic E-state index is -5.32. The number of phosphoric acid groups is 2. The second kappa shape index (κ2) is 13.0. The predicted molar refractivity (Wildman–Crippen MR) is 107 cm³/mol. The van der Waals surface area contributed by atoms with Crippen LogP contribution in [0.1, 0.15) is 6.23 Å². The second-order valence-corrected chi connectivity index (χ2v) is 9.60. The molecule has 0 spiro atoms. The van der Waals surface area contributed by atoms with E-state index in [1.165, 1.54) is 0 Å². The van der Waals surface area contributed by atoms with Crippen molar-refractivity contribution in [2.24, 2.45) is 0 Å². The molecule has 1 unspecified atom stereocenters. The Hall–Kier alpha value is -1.67. The first-order chi connectivity index (χ1) is 16.0. The lowest BCUT2D eigenvalue weighted by Gasteiger charge is -2.17. The van der Waals surface area contributed by atoms with Gasteiger partial charge in [-0.05, 0) is 0 Å². The topological polar surface area (TPSA) is 316 Å². The summed E-state index contributed by atoms with van der Waals surface area (Å²) in [5, 5.41) is 53.8. The highest BCUT2D eigenvalue weighted by atomic mass is 31.3. The van der Waals surface area contributed by atoms with E-state index in [0.717, 1.165) is 16.8 Å². The van der Waals surface area contributed by atoms with Crippen molar-refractivity contribution >= 4 is 21.9 Å².